The van der Waals surface area contributed by atoms with Crippen LogP contribution in [-0.4, -0.2) is 32.7 Å². The lowest BCUT2D eigenvalue weighted by atomic mass is 10.0. The van der Waals surface area contributed by atoms with E-state index in [2.05, 4.69) is 0 Å². The average molecular weight is 347 g/mol. The molecule has 0 atom stereocenters. The van der Waals surface area contributed by atoms with Crippen molar-refractivity contribution in [2.75, 3.05) is 37.5 Å². The maximum atomic E-state index is 13.1. The van der Waals surface area contributed by atoms with Crippen LogP contribution in [0.25, 0.3) is 33.3 Å². The molecule has 1 aliphatic heterocycles. The van der Waals surface area contributed by atoms with Crippen molar-refractivity contribution in [2.45, 2.75) is 6.92 Å². The zero-order valence-corrected chi connectivity index (χ0v) is 15.4. The highest BCUT2D eigenvalue weighted by Gasteiger charge is 2.24. The van der Waals surface area contributed by atoms with Gasteiger partial charge in [-0.05, 0) is 19.1 Å². The molecule has 4 rings (SSSR count). The maximum Gasteiger partial charge on any atom is 0.213 e. The molecule has 0 radical (unpaired) electrons. The molecular weight excluding hydrogens is 326 g/mol. The van der Waals surface area contributed by atoms with Crippen molar-refractivity contribution in [1.82, 2.24) is 4.98 Å². The Labute approximate surface area is 151 Å². The number of fused-ring (bicyclic) bond motifs is 4. The summed E-state index contributed by atoms with van der Waals surface area (Å²) in [5, 5.41) is 1.49. The fraction of sp³-hybridized carbons (Fsp3) is 0.238. The van der Waals surface area contributed by atoms with Crippen LogP contribution in [-0.2, 0) is 0 Å². The Balaban J connectivity index is 2.19. The van der Waals surface area contributed by atoms with E-state index in [0.717, 1.165) is 22.3 Å². The molecule has 0 N–H and O–H groups in total. The molecule has 0 aromatic heterocycles. The van der Waals surface area contributed by atoms with Gasteiger partial charge >= 0.3 is 0 Å². The third kappa shape index (κ3) is 2.39. The first kappa shape index (κ1) is 16.4. The summed E-state index contributed by atoms with van der Waals surface area (Å²) >= 11 is 0. The van der Waals surface area contributed by atoms with E-state index in [-0.39, 0.29) is 5.43 Å². The van der Waals surface area contributed by atoms with E-state index < -0.39 is 0 Å². The summed E-state index contributed by atoms with van der Waals surface area (Å²) in [5.41, 5.74) is 3.73. The summed E-state index contributed by atoms with van der Waals surface area (Å²) in [4.78, 5) is 21.9. The third-order valence-corrected chi connectivity index (χ3v) is 4.83. The summed E-state index contributed by atoms with van der Waals surface area (Å²) in [6.07, 6.45) is 0. The van der Waals surface area contributed by atoms with Gasteiger partial charge in [0, 0.05) is 50.2 Å². The molecule has 0 saturated heterocycles. The van der Waals surface area contributed by atoms with Gasteiger partial charge in [0.1, 0.15) is 16.9 Å². The van der Waals surface area contributed by atoms with Crippen LogP contribution in [0, 0.1) is 0 Å². The first-order chi connectivity index (χ1) is 12.5. The lowest BCUT2D eigenvalue weighted by Gasteiger charge is -2.21. The lowest BCUT2D eigenvalue weighted by molar-refractivity contribution is 0.612. The normalized spacial score (nSPS) is 11.4. The monoisotopic (exact) mass is 347 g/mol. The van der Waals surface area contributed by atoms with Crippen molar-refractivity contribution in [3.05, 3.63) is 52.7 Å². The molecule has 0 unspecified atom stereocenters. The minimum absolute atomic E-state index is 0.0221. The standard InChI is InChI=1S/C21H21N3O2/c1-5-24(4)19-20(25)15-9-7-6-8-14(15)18-21(19)26-17-12-13(23(2)3)10-11-16(17)22-18/h6-12H,5H2,1-4H3. The summed E-state index contributed by atoms with van der Waals surface area (Å²) in [7, 11) is 5.87. The van der Waals surface area contributed by atoms with Crippen molar-refractivity contribution >= 4 is 33.2 Å². The minimum atomic E-state index is -0.0221. The SMILES string of the molecule is CCN(C)c1c2oc3cc(N(C)C)ccc3nc-2c2ccccc2c1=O. The number of aromatic nitrogens is 1. The van der Waals surface area contributed by atoms with E-state index in [0.29, 0.717) is 29.0 Å². The van der Waals surface area contributed by atoms with Gasteiger partial charge in [-0.3, -0.25) is 4.79 Å². The van der Waals surface area contributed by atoms with Crippen molar-refractivity contribution in [1.29, 1.82) is 0 Å². The Kier molecular flexibility index (Phi) is 3.80. The highest BCUT2D eigenvalue weighted by molar-refractivity contribution is 6.01. The van der Waals surface area contributed by atoms with Crippen LogP contribution in [0.4, 0.5) is 11.4 Å². The second kappa shape index (κ2) is 6.02. The van der Waals surface area contributed by atoms with Crippen LogP contribution >= 0.6 is 0 Å². The van der Waals surface area contributed by atoms with Crippen molar-refractivity contribution < 1.29 is 4.42 Å². The molecule has 1 aliphatic carbocycles. The Morgan fingerprint density at radius 2 is 1.77 bits per heavy atom. The van der Waals surface area contributed by atoms with Gasteiger partial charge in [0.05, 0.1) is 0 Å². The molecule has 5 nitrogen and oxygen atoms in total. The average Bonchev–Trinajstić information content (AvgIpc) is 2.66. The van der Waals surface area contributed by atoms with Gasteiger partial charge in [-0.25, -0.2) is 4.98 Å². The fourth-order valence-corrected chi connectivity index (χ4v) is 3.25. The van der Waals surface area contributed by atoms with E-state index in [9.17, 15) is 4.79 Å². The lowest BCUT2D eigenvalue weighted by Crippen LogP contribution is -2.25. The number of rotatable bonds is 3. The zero-order chi connectivity index (χ0) is 18.4. The molecule has 2 aromatic rings. The summed E-state index contributed by atoms with van der Waals surface area (Å²) in [6.45, 7) is 2.72. The maximum absolute atomic E-state index is 13.1. The van der Waals surface area contributed by atoms with Crippen LogP contribution in [0.5, 0.6) is 0 Å². The number of hydrogen-bond donors (Lipinski definition) is 0. The quantitative estimate of drug-likeness (QED) is 0.415. The molecule has 0 bridgehead atoms. The number of anilines is 2. The van der Waals surface area contributed by atoms with Crippen molar-refractivity contribution in [2.24, 2.45) is 0 Å². The number of hydrogen-bond acceptors (Lipinski definition) is 5. The molecule has 1 heterocycles. The van der Waals surface area contributed by atoms with Gasteiger partial charge < -0.3 is 14.2 Å². The van der Waals surface area contributed by atoms with Crippen LogP contribution < -0.4 is 15.2 Å². The Hall–Kier alpha value is -3.08. The number of nitrogens with zero attached hydrogens (tertiary/aromatic N) is 3. The van der Waals surface area contributed by atoms with Crippen molar-refractivity contribution in [3.63, 3.8) is 0 Å². The second-order valence-electron chi connectivity index (χ2n) is 6.68. The van der Waals surface area contributed by atoms with E-state index >= 15 is 0 Å². The number of benzene rings is 3. The van der Waals surface area contributed by atoms with Gasteiger partial charge in [-0.2, -0.15) is 0 Å². The summed E-state index contributed by atoms with van der Waals surface area (Å²) < 4.78 is 6.25. The second-order valence-corrected chi connectivity index (χ2v) is 6.68. The third-order valence-electron chi connectivity index (χ3n) is 4.83. The summed E-state index contributed by atoms with van der Waals surface area (Å²) in [6, 6.07) is 13.5. The van der Waals surface area contributed by atoms with Gasteiger partial charge in [-0.1, -0.05) is 24.3 Å². The smallest absolute Gasteiger partial charge is 0.213 e. The van der Waals surface area contributed by atoms with E-state index in [4.69, 9.17) is 9.40 Å². The first-order valence-corrected chi connectivity index (χ1v) is 8.69. The van der Waals surface area contributed by atoms with E-state index in [1.165, 1.54) is 0 Å². The highest BCUT2D eigenvalue weighted by Crippen LogP contribution is 2.37. The molecule has 5 heteroatoms. The van der Waals surface area contributed by atoms with Crippen molar-refractivity contribution in [3.8, 4) is 11.5 Å². The van der Waals surface area contributed by atoms with Crippen LogP contribution in [0.3, 0.4) is 0 Å². The topological polar surface area (TPSA) is 49.6 Å². The van der Waals surface area contributed by atoms with Crippen LogP contribution in [0.15, 0.2) is 51.7 Å². The van der Waals surface area contributed by atoms with Gasteiger partial charge in [0.2, 0.25) is 5.43 Å². The largest absolute Gasteiger partial charge is 0.450 e. The van der Waals surface area contributed by atoms with Gasteiger partial charge in [-0.15, -0.1) is 0 Å². The molecule has 0 saturated carbocycles. The summed E-state index contributed by atoms with van der Waals surface area (Å²) in [5.74, 6) is 0.543. The Bertz CT molecular complexity index is 1150. The minimum Gasteiger partial charge on any atom is -0.450 e. The fourth-order valence-electron chi connectivity index (χ4n) is 3.25. The predicted octanol–water partition coefficient (Wildman–Crippen LogP) is 3.97. The van der Waals surface area contributed by atoms with Gasteiger partial charge in [0.15, 0.2) is 11.3 Å². The molecule has 2 aromatic carbocycles. The molecule has 132 valence electrons. The van der Waals surface area contributed by atoms with Crippen LogP contribution in [0.2, 0.25) is 0 Å². The predicted molar refractivity (Wildman–Crippen MR) is 108 cm³/mol. The zero-order valence-electron chi connectivity index (χ0n) is 15.4. The first-order valence-electron chi connectivity index (χ1n) is 8.69. The van der Waals surface area contributed by atoms with Gasteiger partial charge in [0.25, 0.3) is 0 Å². The van der Waals surface area contributed by atoms with Crippen LogP contribution in [0.1, 0.15) is 6.92 Å². The molecule has 0 amide bonds. The molecule has 2 aliphatic rings. The van der Waals surface area contributed by atoms with E-state index in [1.54, 1.807) is 0 Å². The Morgan fingerprint density at radius 3 is 2.46 bits per heavy atom. The molecular formula is C21H21N3O2. The molecule has 26 heavy (non-hydrogen) atoms. The Morgan fingerprint density at radius 1 is 1.04 bits per heavy atom. The molecule has 0 fully saturated rings. The van der Waals surface area contributed by atoms with E-state index in [1.807, 2.05) is 80.3 Å². The molecule has 0 spiro atoms. The highest BCUT2D eigenvalue weighted by atomic mass is 16.3.